The van der Waals surface area contributed by atoms with Crippen LogP contribution in [0.3, 0.4) is 0 Å². The lowest BCUT2D eigenvalue weighted by Gasteiger charge is -2.01. The zero-order valence-electron chi connectivity index (χ0n) is 11.0. The summed E-state index contributed by atoms with van der Waals surface area (Å²) in [6, 6.07) is 0. The molecule has 0 N–H and O–H groups in total. The second-order valence-electron chi connectivity index (χ2n) is 4.74. The lowest BCUT2D eigenvalue weighted by atomic mass is 10.1. The van der Waals surface area contributed by atoms with Crippen molar-refractivity contribution in [3.05, 3.63) is 0 Å². The van der Waals surface area contributed by atoms with Gasteiger partial charge in [0.1, 0.15) is 0 Å². The zero-order chi connectivity index (χ0) is 11.9. The summed E-state index contributed by atoms with van der Waals surface area (Å²) in [6.45, 7) is 3.16. The van der Waals surface area contributed by atoms with Crippen molar-refractivity contribution in [1.29, 1.82) is 0 Å². The third-order valence-corrected chi connectivity index (χ3v) is 3.29. The molecule has 0 aromatic carbocycles. The molecule has 0 spiro atoms. The molecule has 0 heterocycles. The fraction of sp³-hybridized carbons (Fsp3) is 1.00. The monoisotopic (exact) mass is 243 g/mol. The van der Waals surface area contributed by atoms with Crippen LogP contribution >= 0.6 is 0 Å². The smallest absolute Gasteiger partial charge is 0.0521 e. The van der Waals surface area contributed by atoms with E-state index >= 15 is 0 Å². The second kappa shape index (κ2) is 15.0. The molecule has 96 valence electrons. The topological polar surface area (TPSA) is 12.4 Å². The standard InChI is InChI=1S/C14H29NS/c1-2-3-4-5-6-7-8-9-10-11-12-13-14-15-16/h2-14H2,1H3. The van der Waals surface area contributed by atoms with E-state index in [4.69, 9.17) is 0 Å². The fourth-order valence-electron chi connectivity index (χ4n) is 2.02. The van der Waals surface area contributed by atoms with Gasteiger partial charge in [0.25, 0.3) is 0 Å². The first-order valence-corrected chi connectivity index (χ1v) is 7.57. The molecule has 0 aromatic heterocycles. The van der Waals surface area contributed by atoms with Crippen LogP contribution in [0.5, 0.6) is 0 Å². The van der Waals surface area contributed by atoms with Gasteiger partial charge in [-0.1, -0.05) is 77.6 Å². The lowest BCUT2D eigenvalue weighted by molar-refractivity contribution is 0.545. The van der Waals surface area contributed by atoms with Gasteiger partial charge in [0, 0.05) is 12.4 Å². The highest BCUT2D eigenvalue weighted by Gasteiger charge is 1.92. The number of nitrogens with zero attached hydrogens (tertiary/aromatic N) is 1. The summed E-state index contributed by atoms with van der Waals surface area (Å²) in [6.07, 6.45) is 16.8. The maximum absolute atomic E-state index is 4.56. The van der Waals surface area contributed by atoms with Gasteiger partial charge < -0.3 is 0 Å². The Hall–Kier alpha value is 0.0200. The van der Waals surface area contributed by atoms with Crippen LogP contribution in [0, 0.1) is 0 Å². The summed E-state index contributed by atoms with van der Waals surface area (Å²) < 4.78 is 3.70. The number of unbranched alkanes of at least 4 members (excludes halogenated alkanes) is 11. The Morgan fingerprint density at radius 1 is 0.625 bits per heavy atom. The third kappa shape index (κ3) is 14.0. The van der Waals surface area contributed by atoms with Crippen LogP contribution in [0.15, 0.2) is 4.36 Å². The predicted molar refractivity (Wildman–Crippen MR) is 75.7 cm³/mol. The highest BCUT2D eigenvalue weighted by molar-refractivity contribution is 7.47. The van der Waals surface area contributed by atoms with E-state index in [0.717, 1.165) is 6.54 Å². The molecule has 0 bridgehead atoms. The molecule has 0 unspecified atom stereocenters. The largest absolute Gasteiger partial charge is 0.220 e. The van der Waals surface area contributed by atoms with Gasteiger partial charge in [-0.25, -0.2) is 4.36 Å². The first kappa shape index (κ1) is 16.0. The molecular formula is C14H29NS. The SMILES string of the molecule is CCCCCCCCCCCCCCN=S. The summed E-state index contributed by atoms with van der Waals surface area (Å²) in [4.78, 5) is 0. The van der Waals surface area contributed by atoms with Crippen LogP contribution < -0.4 is 0 Å². The van der Waals surface area contributed by atoms with Crippen LogP contribution in [-0.2, 0) is 12.4 Å². The Morgan fingerprint density at radius 2 is 1.00 bits per heavy atom. The molecule has 16 heavy (non-hydrogen) atoms. The van der Waals surface area contributed by atoms with Gasteiger partial charge >= 0.3 is 0 Å². The van der Waals surface area contributed by atoms with Crippen molar-refractivity contribution in [1.82, 2.24) is 0 Å². The Kier molecular flexibility index (Phi) is 15.0. The molecule has 1 nitrogen and oxygen atoms in total. The molecule has 0 aliphatic rings. The van der Waals surface area contributed by atoms with Crippen LogP contribution in [0.25, 0.3) is 0 Å². The number of rotatable bonds is 13. The van der Waals surface area contributed by atoms with E-state index in [2.05, 4.69) is 23.7 Å². The summed E-state index contributed by atoms with van der Waals surface area (Å²) in [5, 5.41) is 0. The lowest BCUT2D eigenvalue weighted by Crippen LogP contribution is -1.83. The highest BCUT2D eigenvalue weighted by Crippen LogP contribution is 2.11. The highest BCUT2D eigenvalue weighted by atomic mass is 32.1. The summed E-state index contributed by atoms with van der Waals surface area (Å²) in [5.74, 6) is 0. The van der Waals surface area contributed by atoms with Gasteiger partial charge in [-0.3, -0.25) is 0 Å². The minimum Gasteiger partial charge on any atom is -0.220 e. The molecule has 2 heteroatoms. The van der Waals surface area contributed by atoms with Gasteiger partial charge in [0.2, 0.25) is 0 Å². The molecule has 0 aromatic rings. The quantitative estimate of drug-likeness (QED) is 0.394. The van der Waals surface area contributed by atoms with E-state index in [-0.39, 0.29) is 0 Å². The third-order valence-electron chi connectivity index (χ3n) is 3.10. The first-order valence-electron chi connectivity index (χ1n) is 7.21. The van der Waals surface area contributed by atoms with E-state index in [0.29, 0.717) is 0 Å². The molecule has 0 atom stereocenters. The maximum Gasteiger partial charge on any atom is 0.0521 e. The molecule has 0 radical (unpaired) electrons. The minimum absolute atomic E-state index is 0.882. The zero-order valence-corrected chi connectivity index (χ0v) is 11.9. The van der Waals surface area contributed by atoms with Crippen molar-refractivity contribution in [3.63, 3.8) is 0 Å². The van der Waals surface area contributed by atoms with Crippen molar-refractivity contribution in [2.75, 3.05) is 6.54 Å². The summed E-state index contributed by atoms with van der Waals surface area (Å²) >= 11 is 4.56. The second-order valence-corrected chi connectivity index (χ2v) is 5.00. The molecule has 0 saturated carbocycles. The average molecular weight is 243 g/mol. The van der Waals surface area contributed by atoms with Gasteiger partial charge in [0.15, 0.2) is 0 Å². The summed E-state index contributed by atoms with van der Waals surface area (Å²) in [5.41, 5.74) is 0. The van der Waals surface area contributed by atoms with Crippen LogP contribution in [0.4, 0.5) is 0 Å². The van der Waals surface area contributed by atoms with Crippen molar-refractivity contribution in [2.45, 2.75) is 84.0 Å². The molecule has 0 amide bonds. The predicted octanol–water partition coefficient (Wildman–Crippen LogP) is 5.42. The number of hydrogen-bond acceptors (Lipinski definition) is 2. The normalized spacial score (nSPS) is 10.6. The van der Waals surface area contributed by atoms with Gasteiger partial charge in [0.05, 0.1) is 6.54 Å². The van der Waals surface area contributed by atoms with E-state index in [1.54, 1.807) is 0 Å². The average Bonchev–Trinajstić information content (AvgIpc) is 2.31. The molecule has 0 aliphatic heterocycles. The van der Waals surface area contributed by atoms with E-state index in [1.165, 1.54) is 77.0 Å². The molecular weight excluding hydrogens is 214 g/mol. The number of hydrogen-bond donors (Lipinski definition) is 0. The van der Waals surface area contributed by atoms with E-state index in [9.17, 15) is 0 Å². The van der Waals surface area contributed by atoms with Gasteiger partial charge in [-0.15, -0.1) is 0 Å². The first-order chi connectivity index (χ1) is 7.91. The Bertz CT molecular complexity index is 137. The molecule has 0 aliphatic carbocycles. The van der Waals surface area contributed by atoms with Crippen molar-refractivity contribution < 1.29 is 0 Å². The van der Waals surface area contributed by atoms with Gasteiger partial charge in [-0.2, -0.15) is 0 Å². The van der Waals surface area contributed by atoms with Crippen molar-refractivity contribution in [2.24, 2.45) is 4.36 Å². The van der Waals surface area contributed by atoms with Crippen LogP contribution in [-0.4, -0.2) is 6.54 Å². The molecule has 0 rings (SSSR count). The molecule has 0 saturated heterocycles. The van der Waals surface area contributed by atoms with Crippen LogP contribution in [0.2, 0.25) is 0 Å². The molecule has 0 fully saturated rings. The Morgan fingerprint density at radius 3 is 1.38 bits per heavy atom. The van der Waals surface area contributed by atoms with E-state index in [1.807, 2.05) is 0 Å². The van der Waals surface area contributed by atoms with Crippen molar-refractivity contribution >= 4 is 12.4 Å². The van der Waals surface area contributed by atoms with Gasteiger partial charge in [-0.05, 0) is 6.42 Å². The fourth-order valence-corrected chi connectivity index (χ4v) is 2.15. The summed E-state index contributed by atoms with van der Waals surface area (Å²) in [7, 11) is 0. The Labute approximate surface area is 108 Å². The minimum atomic E-state index is 0.882. The van der Waals surface area contributed by atoms with E-state index < -0.39 is 0 Å². The maximum atomic E-state index is 4.56. The Balaban J connectivity index is 2.85. The van der Waals surface area contributed by atoms with Crippen LogP contribution in [0.1, 0.15) is 84.0 Å². The van der Waals surface area contributed by atoms with Crippen molar-refractivity contribution in [3.8, 4) is 0 Å².